The average Bonchev–Trinajstić information content (AvgIpc) is 3.50. The molecule has 3 heterocycles. The number of halogens is 1. The molecule has 3 aromatic carbocycles. The van der Waals surface area contributed by atoms with E-state index in [1.807, 2.05) is 75.6 Å². The van der Waals surface area contributed by atoms with Gasteiger partial charge in [0.1, 0.15) is 11.6 Å². The molecule has 0 spiro atoms. The Morgan fingerprint density at radius 2 is 1.76 bits per heavy atom. The van der Waals surface area contributed by atoms with E-state index in [4.69, 9.17) is 9.84 Å². The molecule has 8 heteroatoms. The summed E-state index contributed by atoms with van der Waals surface area (Å²) >= 11 is 1.93. The van der Waals surface area contributed by atoms with Crippen LogP contribution >= 0.6 is 11.8 Å². The summed E-state index contributed by atoms with van der Waals surface area (Å²) in [5, 5.41) is 7.57. The fraction of sp³-hybridized carbons (Fsp3) is 0.243. The Balaban J connectivity index is 0.00000357. The van der Waals surface area contributed by atoms with E-state index in [1.165, 1.54) is 29.5 Å². The van der Waals surface area contributed by atoms with Crippen molar-refractivity contribution in [1.29, 1.82) is 0 Å². The van der Waals surface area contributed by atoms with Crippen molar-refractivity contribution in [3.05, 3.63) is 119 Å². The number of fused-ring (bicyclic) bond motifs is 3. The molecule has 7 rings (SSSR count). The third-order valence-corrected chi connectivity index (χ3v) is 9.70. The summed E-state index contributed by atoms with van der Waals surface area (Å²) in [6.45, 7) is 8.88. The second kappa shape index (κ2) is 12.6. The predicted octanol–water partition coefficient (Wildman–Crippen LogP) is 9.31. The summed E-state index contributed by atoms with van der Waals surface area (Å²) in [4.78, 5) is 4.45. The third kappa shape index (κ3) is 5.66. The molecule has 0 saturated carbocycles. The van der Waals surface area contributed by atoms with Gasteiger partial charge < -0.3 is 9.30 Å². The Kier molecular flexibility index (Phi) is 8.78. The van der Waals surface area contributed by atoms with Crippen molar-refractivity contribution < 1.29 is 30.2 Å². The van der Waals surface area contributed by atoms with Crippen LogP contribution in [0.25, 0.3) is 33.3 Å². The van der Waals surface area contributed by atoms with Crippen LogP contribution in [-0.2, 0) is 21.1 Å². The number of rotatable bonds is 6. The number of allylic oxidation sites excluding steroid dienone is 1. The summed E-state index contributed by atoms with van der Waals surface area (Å²) in [7, 11) is 0. The van der Waals surface area contributed by atoms with Crippen molar-refractivity contribution in [3.63, 3.8) is 0 Å². The molecule has 0 radical (unpaired) electrons. The smallest absolute Gasteiger partial charge is 0.509 e. The number of para-hydroxylation sites is 1. The van der Waals surface area contributed by atoms with Gasteiger partial charge in [-0.05, 0) is 62.6 Å². The quantitative estimate of drug-likeness (QED) is 0.125. The molecule has 230 valence electrons. The van der Waals surface area contributed by atoms with Crippen molar-refractivity contribution in [3.8, 4) is 23.0 Å². The Morgan fingerprint density at radius 3 is 2.53 bits per heavy atom. The van der Waals surface area contributed by atoms with E-state index < -0.39 is 0 Å². The van der Waals surface area contributed by atoms with Crippen LogP contribution in [-0.4, -0.2) is 30.8 Å². The second-order valence-corrected chi connectivity index (χ2v) is 12.7. The average molecular weight is 796 g/mol. The van der Waals surface area contributed by atoms with Gasteiger partial charge in [-0.3, -0.25) is 4.68 Å². The van der Waals surface area contributed by atoms with Crippen LogP contribution in [0.3, 0.4) is 0 Å². The first-order valence-corrected chi connectivity index (χ1v) is 16.2. The van der Waals surface area contributed by atoms with Crippen molar-refractivity contribution in [2.24, 2.45) is 5.92 Å². The molecule has 5 nitrogen and oxygen atoms in total. The van der Waals surface area contributed by atoms with Crippen LogP contribution in [0.2, 0.25) is 0 Å². The number of ether oxygens (including phenoxy) is 1. The number of hydrogen-bond acceptors (Lipinski definition) is 4. The van der Waals surface area contributed by atoms with E-state index in [-0.39, 0.29) is 26.9 Å². The van der Waals surface area contributed by atoms with Gasteiger partial charge in [-0.25, -0.2) is 9.37 Å². The standard InChI is InChI=1S/C37H33FN4OS.Pt/c1-22-17-30(44-5)18-23(2)36(22)37-24(3)40-42(25(37)4)27-9-8-10-28(20-27)43-29-13-14-32-31-11-6-7-12-33(31)41(34(32)21-29)35-19-26(38)15-16-39-35;/h6-17,19,23,30,36H,18H2,1-5H3;/q-2;+2/t23-,30-,36?;/m0./s1. The van der Waals surface area contributed by atoms with E-state index >= 15 is 0 Å². The minimum absolute atomic E-state index is 0. The van der Waals surface area contributed by atoms with Crippen LogP contribution in [0.1, 0.15) is 43.1 Å². The zero-order valence-electron chi connectivity index (χ0n) is 25.7. The molecule has 3 atom stereocenters. The summed E-state index contributed by atoms with van der Waals surface area (Å²) in [6.07, 6.45) is 7.27. The van der Waals surface area contributed by atoms with Gasteiger partial charge in [0.05, 0.1) is 5.69 Å². The van der Waals surface area contributed by atoms with Crippen molar-refractivity contribution >= 4 is 33.6 Å². The SMILES string of the molecule is CS[C@H]1C=C(C)C(c2c(C)nn(-c3[c-]c(Oc4[c-]c5c(cc4)c4ccccc4n5-c4cc(F)ccn4)ccc3)c2C)[C@@H](C)C1.[Pt+2]. The van der Waals surface area contributed by atoms with E-state index in [2.05, 4.69) is 57.1 Å². The molecule has 0 aliphatic heterocycles. The maximum absolute atomic E-state index is 14.2. The van der Waals surface area contributed by atoms with E-state index in [9.17, 15) is 4.39 Å². The molecule has 0 saturated heterocycles. The Hall–Kier alpha value is -3.67. The van der Waals surface area contributed by atoms with Crippen molar-refractivity contribution in [2.45, 2.75) is 45.3 Å². The van der Waals surface area contributed by atoms with E-state index in [0.29, 0.717) is 34.4 Å². The molecule has 1 unspecified atom stereocenters. The number of hydrogen-bond donors (Lipinski definition) is 0. The van der Waals surface area contributed by atoms with E-state index in [1.54, 1.807) is 0 Å². The van der Waals surface area contributed by atoms with Gasteiger partial charge in [0, 0.05) is 51.7 Å². The summed E-state index contributed by atoms with van der Waals surface area (Å²) in [6, 6.07) is 27.4. The number of benzene rings is 3. The molecule has 0 amide bonds. The first-order chi connectivity index (χ1) is 21.3. The first-order valence-electron chi connectivity index (χ1n) is 14.9. The fourth-order valence-electron chi connectivity index (χ4n) is 6.86. The van der Waals surface area contributed by atoms with Crippen LogP contribution in [0.15, 0.2) is 84.6 Å². The second-order valence-electron chi connectivity index (χ2n) is 11.6. The Bertz CT molecular complexity index is 2070. The minimum atomic E-state index is -0.347. The third-order valence-electron chi connectivity index (χ3n) is 8.77. The van der Waals surface area contributed by atoms with Crippen LogP contribution in [0, 0.1) is 37.7 Å². The summed E-state index contributed by atoms with van der Waals surface area (Å²) in [5.74, 6) is 2.12. The number of thioether (sulfide) groups is 1. The zero-order chi connectivity index (χ0) is 30.5. The van der Waals surface area contributed by atoms with Gasteiger partial charge in [-0.1, -0.05) is 42.3 Å². The zero-order valence-corrected chi connectivity index (χ0v) is 28.8. The molecular weight excluding hydrogens is 763 g/mol. The molecule has 45 heavy (non-hydrogen) atoms. The fourth-order valence-corrected chi connectivity index (χ4v) is 7.70. The molecule has 0 bridgehead atoms. The number of pyridine rings is 1. The molecule has 0 N–H and O–H groups in total. The van der Waals surface area contributed by atoms with Crippen LogP contribution in [0.5, 0.6) is 11.5 Å². The molecular formula is C37H33FN4OPtS. The van der Waals surface area contributed by atoms with Crippen molar-refractivity contribution in [2.75, 3.05) is 6.26 Å². The van der Waals surface area contributed by atoms with Gasteiger partial charge in [-0.15, -0.1) is 35.7 Å². The van der Waals surface area contributed by atoms with Gasteiger partial charge in [0.25, 0.3) is 0 Å². The predicted molar refractivity (Wildman–Crippen MR) is 177 cm³/mol. The maximum Gasteiger partial charge on any atom is 2.00 e. The normalized spacial score (nSPS) is 18.2. The topological polar surface area (TPSA) is 44.9 Å². The van der Waals surface area contributed by atoms with Crippen molar-refractivity contribution in [1.82, 2.24) is 19.3 Å². The van der Waals surface area contributed by atoms with Crippen LogP contribution < -0.4 is 4.74 Å². The largest absolute Gasteiger partial charge is 2.00 e. The molecule has 1 aliphatic rings. The number of nitrogens with zero attached hydrogens (tertiary/aromatic N) is 4. The van der Waals surface area contributed by atoms with Gasteiger partial charge in [0.2, 0.25) is 0 Å². The molecule has 1 aliphatic carbocycles. The molecule has 0 fully saturated rings. The Morgan fingerprint density at radius 1 is 0.956 bits per heavy atom. The Labute approximate surface area is 281 Å². The number of aromatic nitrogens is 4. The van der Waals surface area contributed by atoms with Gasteiger partial charge >= 0.3 is 21.1 Å². The van der Waals surface area contributed by atoms with Gasteiger partial charge in [0.15, 0.2) is 0 Å². The first kappa shape index (κ1) is 31.3. The number of aryl methyl sites for hydroxylation is 1. The molecule has 6 aromatic rings. The summed E-state index contributed by atoms with van der Waals surface area (Å²) in [5.41, 5.74) is 7.41. The van der Waals surface area contributed by atoms with Gasteiger partial charge in [-0.2, -0.15) is 29.0 Å². The summed E-state index contributed by atoms with van der Waals surface area (Å²) < 4.78 is 24.5. The van der Waals surface area contributed by atoms with Crippen LogP contribution in [0.4, 0.5) is 4.39 Å². The monoisotopic (exact) mass is 795 g/mol. The van der Waals surface area contributed by atoms with E-state index in [0.717, 1.165) is 45.3 Å². The minimum Gasteiger partial charge on any atom is -0.509 e. The maximum atomic E-state index is 14.2. The molecule has 3 aromatic heterocycles.